The van der Waals surface area contributed by atoms with E-state index in [1.54, 1.807) is 0 Å². The normalized spacial score (nSPS) is 32.1. The number of Topliss-reactive ketones (excluding diaryl/α,β-unsaturated/α-hetero) is 1. The number of aliphatic hydroxyl groups excluding tert-OH is 1. The highest BCUT2D eigenvalue weighted by atomic mass is 16.7. The number of hydrogen-bond acceptors (Lipinski definition) is 7. The Balaban J connectivity index is 0.00000484. The summed E-state index contributed by atoms with van der Waals surface area (Å²) in [4.78, 5) is 11.2. The minimum absolute atomic E-state index is 0. The third-order valence-electron chi connectivity index (χ3n) is 3.99. The van der Waals surface area contributed by atoms with Crippen LogP contribution in [0.5, 0.6) is 0 Å². The highest BCUT2D eigenvalue weighted by Crippen LogP contribution is 2.22. The van der Waals surface area contributed by atoms with Gasteiger partial charge in [0.2, 0.25) is 0 Å². The van der Waals surface area contributed by atoms with Crippen LogP contribution in [0.15, 0.2) is 0 Å². The number of rotatable bonds is 10. The van der Waals surface area contributed by atoms with Crippen LogP contribution in [-0.4, -0.2) is 61.8 Å². The molecule has 5 atom stereocenters. The molecule has 1 saturated heterocycles. The van der Waals surface area contributed by atoms with Gasteiger partial charge in [0.05, 0.1) is 6.04 Å². The van der Waals surface area contributed by atoms with Crippen molar-refractivity contribution in [3.05, 3.63) is 0 Å². The molecule has 5 N–H and O–H groups in total. The average molecular weight is 320 g/mol. The van der Waals surface area contributed by atoms with Crippen LogP contribution >= 0.6 is 0 Å². The second kappa shape index (κ2) is 10.3. The minimum Gasteiger partial charge on any atom is -0.388 e. The van der Waals surface area contributed by atoms with Gasteiger partial charge >= 0.3 is 0 Å². The Kier molecular flexibility index (Phi) is 9.08. The average Bonchev–Trinajstić information content (AvgIpc) is 2.54. The maximum Gasteiger partial charge on any atom is 0.175 e. The predicted octanol–water partition coefficient (Wildman–Crippen LogP) is 0.175. The van der Waals surface area contributed by atoms with Crippen LogP contribution in [0.3, 0.4) is 0 Å². The standard InChI is InChI=1S/C15H30N2O5.H2/c1-3-10(18)7-5-4-6-8-21-14-11(9-16)22-15(20-2)12(17)13(14)19;/h11-15,19H,3-9,16-17H2,1-2H3;1H. The van der Waals surface area contributed by atoms with E-state index >= 15 is 0 Å². The van der Waals surface area contributed by atoms with E-state index in [2.05, 4.69) is 0 Å². The molecule has 1 heterocycles. The lowest BCUT2D eigenvalue weighted by molar-refractivity contribution is -0.258. The Hall–Kier alpha value is -0.570. The molecule has 0 saturated carbocycles. The second-order valence-corrected chi connectivity index (χ2v) is 5.62. The lowest BCUT2D eigenvalue weighted by atomic mass is 9.97. The van der Waals surface area contributed by atoms with Gasteiger partial charge in [-0.2, -0.15) is 0 Å². The zero-order valence-electron chi connectivity index (χ0n) is 13.6. The fourth-order valence-electron chi connectivity index (χ4n) is 2.55. The van der Waals surface area contributed by atoms with Crippen molar-refractivity contribution in [1.82, 2.24) is 0 Å². The molecule has 0 amide bonds. The van der Waals surface area contributed by atoms with Crippen LogP contribution in [-0.2, 0) is 19.0 Å². The molecule has 7 nitrogen and oxygen atoms in total. The van der Waals surface area contributed by atoms with Crippen molar-refractivity contribution in [1.29, 1.82) is 0 Å². The monoisotopic (exact) mass is 320 g/mol. The molecule has 22 heavy (non-hydrogen) atoms. The molecule has 1 rings (SSSR count). The molecule has 0 aromatic carbocycles. The summed E-state index contributed by atoms with van der Waals surface area (Å²) in [6, 6.07) is -0.667. The van der Waals surface area contributed by atoms with Crippen LogP contribution in [0.1, 0.15) is 40.5 Å². The third-order valence-corrected chi connectivity index (χ3v) is 3.99. The van der Waals surface area contributed by atoms with Gasteiger partial charge in [-0.15, -0.1) is 0 Å². The molecule has 1 aliphatic rings. The van der Waals surface area contributed by atoms with Gasteiger partial charge in [0.15, 0.2) is 6.29 Å². The van der Waals surface area contributed by atoms with Crippen molar-refractivity contribution in [3.8, 4) is 0 Å². The van der Waals surface area contributed by atoms with Gasteiger partial charge in [-0.3, -0.25) is 4.79 Å². The van der Waals surface area contributed by atoms with E-state index in [0.29, 0.717) is 19.4 Å². The van der Waals surface area contributed by atoms with E-state index in [1.165, 1.54) is 7.11 Å². The summed E-state index contributed by atoms with van der Waals surface area (Å²) >= 11 is 0. The molecule has 5 unspecified atom stereocenters. The Bertz CT molecular complexity index is 333. The van der Waals surface area contributed by atoms with Gasteiger partial charge in [0.1, 0.15) is 24.1 Å². The van der Waals surface area contributed by atoms with Crippen molar-refractivity contribution in [3.63, 3.8) is 0 Å². The number of nitrogens with two attached hydrogens (primary N) is 2. The van der Waals surface area contributed by atoms with E-state index in [1.807, 2.05) is 6.92 Å². The lowest BCUT2D eigenvalue weighted by Crippen LogP contribution is -2.63. The summed E-state index contributed by atoms with van der Waals surface area (Å²) in [6.45, 7) is 2.57. The molecular formula is C15H32N2O5. The summed E-state index contributed by atoms with van der Waals surface area (Å²) in [7, 11) is 1.48. The van der Waals surface area contributed by atoms with E-state index in [9.17, 15) is 9.90 Å². The van der Waals surface area contributed by atoms with E-state index < -0.39 is 30.6 Å². The van der Waals surface area contributed by atoms with Gasteiger partial charge in [-0.1, -0.05) is 13.3 Å². The van der Waals surface area contributed by atoms with Gasteiger partial charge < -0.3 is 30.8 Å². The van der Waals surface area contributed by atoms with Gasteiger partial charge in [0, 0.05) is 34.5 Å². The molecule has 132 valence electrons. The number of carbonyl (C=O) groups excluding carboxylic acids is 1. The lowest BCUT2D eigenvalue weighted by Gasteiger charge is -2.42. The van der Waals surface area contributed by atoms with Gasteiger partial charge in [0.25, 0.3) is 0 Å². The quantitative estimate of drug-likeness (QED) is 0.491. The van der Waals surface area contributed by atoms with Crippen LogP contribution in [0.25, 0.3) is 0 Å². The SMILES string of the molecule is CCC(=O)CCCCCOC1C(CN)OC(OC)C(N)C1O.[HH]. The fourth-order valence-corrected chi connectivity index (χ4v) is 2.55. The number of hydrogen-bond donors (Lipinski definition) is 3. The van der Waals surface area contributed by atoms with E-state index in [4.69, 9.17) is 25.7 Å². The Morgan fingerprint density at radius 3 is 2.68 bits per heavy atom. The van der Waals surface area contributed by atoms with Crippen LogP contribution in [0.2, 0.25) is 0 Å². The van der Waals surface area contributed by atoms with Crippen LogP contribution in [0.4, 0.5) is 0 Å². The maximum atomic E-state index is 11.2. The maximum absolute atomic E-state index is 11.2. The Labute approximate surface area is 133 Å². The minimum atomic E-state index is -0.881. The first-order chi connectivity index (χ1) is 10.5. The topological polar surface area (TPSA) is 117 Å². The Morgan fingerprint density at radius 1 is 1.36 bits per heavy atom. The number of carbonyl (C=O) groups is 1. The summed E-state index contributed by atoms with van der Waals surface area (Å²) < 4.78 is 16.4. The fraction of sp³-hybridized carbons (Fsp3) is 0.933. The molecule has 0 radical (unpaired) electrons. The van der Waals surface area contributed by atoms with Crippen molar-refractivity contribution >= 4 is 5.78 Å². The molecular weight excluding hydrogens is 288 g/mol. The van der Waals surface area contributed by atoms with E-state index in [-0.39, 0.29) is 13.8 Å². The van der Waals surface area contributed by atoms with Crippen molar-refractivity contribution in [2.75, 3.05) is 20.3 Å². The molecule has 0 aromatic heterocycles. The number of methoxy groups -OCH3 is 1. The first kappa shape index (κ1) is 19.5. The molecule has 7 heteroatoms. The highest BCUT2D eigenvalue weighted by Gasteiger charge is 2.43. The van der Waals surface area contributed by atoms with Crippen molar-refractivity contribution in [2.24, 2.45) is 11.5 Å². The van der Waals surface area contributed by atoms with Crippen molar-refractivity contribution in [2.45, 2.75) is 69.7 Å². The third kappa shape index (κ3) is 5.57. The zero-order valence-corrected chi connectivity index (χ0v) is 13.6. The molecule has 1 fully saturated rings. The first-order valence-corrected chi connectivity index (χ1v) is 8.00. The second-order valence-electron chi connectivity index (χ2n) is 5.62. The summed E-state index contributed by atoms with van der Waals surface area (Å²) in [6.07, 6.45) is 1.26. The highest BCUT2D eigenvalue weighted by molar-refractivity contribution is 5.77. The predicted molar refractivity (Wildman–Crippen MR) is 84.3 cm³/mol. The van der Waals surface area contributed by atoms with Crippen LogP contribution < -0.4 is 11.5 Å². The zero-order chi connectivity index (χ0) is 16.5. The smallest absolute Gasteiger partial charge is 0.175 e. The number of ketones is 1. The largest absolute Gasteiger partial charge is 0.388 e. The number of unbranched alkanes of at least 4 members (excludes halogenated alkanes) is 2. The summed E-state index contributed by atoms with van der Waals surface area (Å²) in [5, 5.41) is 10.2. The first-order valence-electron chi connectivity index (χ1n) is 8.00. The number of aliphatic hydroxyl groups is 1. The van der Waals surface area contributed by atoms with Crippen molar-refractivity contribution < 1.29 is 25.5 Å². The molecule has 0 aliphatic carbocycles. The number of ether oxygens (including phenoxy) is 3. The molecule has 0 aromatic rings. The molecule has 0 bridgehead atoms. The van der Waals surface area contributed by atoms with Gasteiger partial charge in [-0.05, 0) is 12.8 Å². The summed E-state index contributed by atoms with van der Waals surface area (Å²) in [5.74, 6) is 0.289. The van der Waals surface area contributed by atoms with E-state index in [0.717, 1.165) is 19.3 Å². The molecule has 1 aliphatic heterocycles. The Morgan fingerprint density at radius 2 is 2.09 bits per heavy atom. The molecule has 0 spiro atoms. The summed E-state index contributed by atoms with van der Waals surface area (Å²) in [5.41, 5.74) is 11.6. The van der Waals surface area contributed by atoms with Crippen LogP contribution in [0, 0.1) is 0 Å². The van der Waals surface area contributed by atoms with Gasteiger partial charge in [-0.25, -0.2) is 0 Å².